The Kier molecular flexibility index (Phi) is 7.60. The number of aliphatic hydroxyl groups excluding tert-OH is 1. The van der Waals surface area contributed by atoms with Gasteiger partial charge in [-0.25, -0.2) is 4.79 Å². The van der Waals surface area contributed by atoms with Crippen LogP contribution in [-0.4, -0.2) is 42.0 Å². The van der Waals surface area contributed by atoms with Crippen LogP contribution in [0.4, 0.5) is 0 Å². The molecule has 2 aliphatic rings. The van der Waals surface area contributed by atoms with Crippen molar-refractivity contribution in [1.82, 2.24) is 0 Å². The molecule has 186 valence electrons. The van der Waals surface area contributed by atoms with E-state index in [9.17, 15) is 14.7 Å². The molecule has 0 bridgehead atoms. The van der Waals surface area contributed by atoms with Gasteiger partial charge >= 0.3 is 11.9 Å². The molecule has 2 atom stereocenters. The molecule has 0 amide bonds. The van der Waals surface area contributed by atoms with Gasteiger partial charge < -0.3 is 19.3 Å². The van der Waals surface area contributed by atoms with Crippen molar-refractivity contribution in [3.8, 4) is 5.75 Å². The van der Waals surface area contributed by atoms with Crippen LogP contribution in [0.25, 0.3) is 0 Å². The van der Waals surface area contributed by atoms with Gasteiger partial charge in [-0.3, -0.25) is 4.79 Å². The van der Waals surface area contributed by atoms with E-state index in [0.717, 1.165) is 30.6 Å². The number of hydrogen-bond donors (Lipinski definition) is 1. The zero-order valence-electron chi connectivity index (χ0n) is 20.8. The van der Waals surface area contributed by atoms with Crippen LogP contribution in [0.5, 0.6) is 5.75 Å². The predicted molar refractivity (Wildman–Crippen MR) is 132 cm³/mol. The highest BCUT2D eigenvalue weighted by atomic mass is 16.6. The molecule has 4 rings (SSSR count). The first-order chi connectivity index (χ1) is 16.8. The van der Waals surface area contributed by atoms with Gasteiger partial charge in [-0.05, 0) is 62.8 Å². The van der Waals surface area contributed by atoms with E-state index in [0.29, 0.717) is 12.0 Å². The minimum Gasteiger partial charge on any atom is -0.490 e. The maximum absolute atomic E-state index is 12.4. The molecule has 2 unspecified atom stereocenters. The van der Waals surface area contributed by atoms with Crippen LogP contribution in [0.3, 0.4) is 0 Å². The fourth-order valence-corrected chi connectivity index (χ4v) is 4.58. The molecule has 2 heterocycles. The zero-order chi connectivity index (χ0) is 25.0. The fraction of sp³-hybridized carbons (Fsp3) is 0.448. The monoisotopic (exact) mass is 478 g/mol. The molecule has 1 N–H and O–H groups in total. The number of allylic oxidation sites excluding steroid dienone is 1. The van der Waals surface area contributed by atoms with Crippen molar-refractivity contribution in [3.05, 3.63) is 75.9 Å². The molecule has 0 aliphatic carbocycles. The Morgan fingerprint density at radius 2 is 1.83 bits per heavy atom. The van der Waals surface area contributed by atoms with E-state index in [1.807, 2.05) is 19.9 Å². The van der Waals surface area contributed by atoms with Gasteiger partial charge in [-0.2, -0.15) is 0 Å². The summed E-state index contributed by atoms with van der Waals surface area (Å²) < 4.78 is 16.8. The van der Waals surface area contributed by atoms with Gasteiger partial charge in [0, 0.05) is 24.8 Å². The second kappa shape index (κ2) is 10.6. The molecular formula is C29H34O6. The van der Waals surface area contributed by atoms with Gasteiger partial charge in [0.2, 0.25) is 0 Å². The van der Waals surface area contributed by atoms with Crippen LogP contribution in [0.1, 0.15) is 55.4 Å². The first-order valence-electron chi connectivity index (χ1n) is 12.3. The lowest BCUT2D eigenvalue weighted by Gasteiger charge is -2.24. The third-order valence-electron chi connectivity index (χ3n) is 6.80. The number of fused-ring (bicyclic) bond motifs is 1. The average molecular weight is 479 g/mol. The number of aliphatic hydroxyl groups is 1. The Balaban J connectivity index is 1.23. The second-order valence-electron chi connectivity index (χ2n) is 9.96. The smallest absolute Gasteiger partial charge is 0.334 e. The van der Waals surface area contributed by atoms with Crippen LogP contribution in [0.2, 0.25) is 0 Å². The van der Waals surface area contributed by atoms with Gasteiger partial charge in [0.05, 0.1) is 6.61 Å². The summed E-state index contributed by atoms with van der Waals surface area (Å²) in [5.41, 5.74) is 5.25. The minimum absolute atomic E-state index is 0.0710. The average Bonchev–Trinajstić information content (AvgIpc) is 3.41. The van der Waals surface area contributed by atoms with Crippen molar-refractivity contribution in [3.63, 3.8) is 0 Å². The highest BCUT2D eigenvalue weighted by Crippen LogP contribution is 2.34. The lowest BCUT2D eigenvalue weighted by molar-refractivity contribution is -0.166. The van der Waals surface area contributed by atoms with Crippen molar-refractivity contribution < 1.29 is 28.9 Å². The summed E-state index contributed by atoms with van der Waals surface area (Å²) in [6.45, 7) is 5.20. The molecule has 0 saturated carbocycles. The standard InChI is InChI=1S/C29H34O6/c1-19(2)25-16-29(17-30,35-28(25)32)18-33-27(31)13-11-24-15-23-14-22(10-12-26(23)34-24)9-8-21-6-4-20(3)5-7-21/h4-7,10,12,14,24,30H,8-9,11,13,15-18H2,1-3H3. The molecule has 1 fully saturated rings. The number of benzene rings is 2. The summed E-state index contributed by atoms with van der Waals surface area (Å²) in [5, 5.41) is 9.77. The topological polar surface area (TPSA) is 82.1 Å². The van der Waals surface area contributed by atoms with Crippen molar-refractivity contribution in [1.29, 1.82) is 0 Å². The van der Waals surface area contributed by atoms with Crippen LogP contribution < -0.4 is 4.74 Å². The molecule has 6 heteroatoms. The first-order valence-corrected chi connectivity index (χ1v) is 12.3. The highest BCUT2D eigenvalue weighted by Gasteiger charge is 2.45. The number of cyclic esters (lactones) is 1. The molecule has 0 aromatic heterocycles. The maximum Gasteiger partial charge on any atom is 0.334 e. The maximum atomic E-state index is 12.4. The van der Waals surface area contributed by atoms with Crippen molar-refractivity contribution >= 4 is 11.9 Å². The SMILES string of the molecule is CC(C)=C1CC(CO)(COC(=O)CCC2Cc3cc(CCc4ccc(C)cc4)ccc3O2)OC1=O. The first kappa shape index (κ1) is 25.0. The van der Waals surface area contributed by atoms with Crippen molar-refractivity contribution in [2.75, 3.05) is 13.2 Å². The van der Waals surface area contributed by atoms with Gasteiger partial charge in [-0.1, -0.05) is 47.5 Å². The molecule has 35 heavy (non-hydrogen) atoms. The summed E-state index contributed by atoms with van der Waals surface area (Å²) in [7, 11) is 0. The molecule has 2 aromatic carbocycles. The highest BCUT2D eigenvalue weighted by molar-refractivity contribution is 5.92. The Labute approximate surface area is 206 Å². The van der Waals surface area contributed by atoms with E-state index in [4.69, 9.17) is 14.2 Å². The normalized spacial score (nSPS) is 20.9. The molecule has 0 spiro atoms. The lowest BCUT2D eigenvalue weighted by Crippen LogP contribution is -2.39. The third-order valence-corrected chi connectivity index (χ3v) is 6.80. The number of esters is 2. The van der Waals surface area contributed by atoms with Gasteiger partial charge in [0.25, 0.3) is 0 Å². The number of carbonyl (C=O) groups is 2. The lowest BCUT2D eigenvalue weighted by atomic mass is 9.97. The van der Waals surface area contributed by atoms with Crippen LogP contribution in [0, 0.1) is 6.92 Å². The third kappa shape index (κ3) is 6.12. The van der Waals surface area contributed by atoms with Crippen LogP contribution in [-0.2, 0) is 38.3 Å². The van der Waals surface area contributed by atoms with E-state index in [-0.39, 0.29) is 25.6 Å². The Hall–Kier alpha value is -3.12. The number of carbonyl (C=O) groups excluding carboxylic acids is 2. The van der Waals surface area contributed by atoms with E-state index in [2.05, 4.69) is 43.3 Å². The minimum atomic E-state index is -1.19. The van der Waals surface area contributed by atoms with E-state index in [1.54, 1.807) is 0 Å². The predicted octanol–water partition coefficient (Wildman–Crippen LogP) is 4.42. The fourth-order valence-electron chi connectivity index (χ4n) is 4.58. The van der Waals surface area contributed by atoms with Gasteiger partial charge in [0.1, 0.15) is 18.5 Å². The summed E-state index contributed by atoms with van der Waals surface area (Å²) in [6, 6.07) is 15.0. The zero-order valence-corrected chi connectivity index (χ0v) is 20.8. The summed E-state index contributed by atoms with van der Waals surface area (Å²) in [5.74, 6) is 0.0390. The van der Waals surface area contributed by atoms with Crippen molar-refractivity contribution in [2.24, 2.45) is 0 Å². The van der Waals surface area contributed by atoms with E-state index < -0.39 is 24.1 Å². The molecule has 0 radical (unpaired) electrons. The summed E-state index contributed by atoms with van der Waals surface area (Å²) >= 11 is 0. The Morgan fingerprint density at radius 1 is 1.11 bits per heavy atom. The summed E-state index contributed by atoms with van der Waals surface area (Å²) in [4.78, 5) is 24.4. The Bertz CT molecular complexity index is 1110. The number of hydrogen-bond acceptors (Lipinski definition) is 6. The number of rotatable bonds is 9. The van der Waals surface area contributed by atoms with E-state index >= 15 is 0 Å². The summed E-state index contributed by atoms with van der Waals surface area (Å²) in [6.07, 6.45) is 3.64. The van der Waals surface area contributed by atoms with Crippen LogP contribution >= 0.6 is 0 Å². The number of aryl methyl sites for hydroxylation is 3. The second-order valence-corrected chi connectivity index (χ2v) is 9.96. The Morgan fingerprint density at radius 3 is 2.51 bits per heavy atom. The molecule has 2 aliphatic heterocycles. The quantitative estimate of drug-likeness (QED) is 0.424. The molecule has 6 nitrogen and oxygen atoms in total. The van der Waals surface area contributed by atoms with Crippen LogP contribution in [0.15, 0.2) is 53.6 Å². The number of ether oxygens (including phenoxy) is 3. The largest absolute Gasteiger partial charge is 0.490 e. The van der Waals surface area contributed by atoms with Gasteiger partial charge in [-0.15, -0.1) is 0 Å². The molecule has 1 saturated heterocycles. The van der Waals surface area contributed by atoms with Gasteiger partial charge in [0.15, 0.2) is 5.60 Å². The van der Waals surface area contributed by atoms with Crippen molar-refractivity contribution in [2.45, 2.75) is 71.0 Å². The molecular weight excluding hydrogens is 444 g/mol. The molecule has 2 aromatic rings. The van der Waals surface area contributed by atoms with E-state index in [1.165, 1.54) is 22.3 Å².